The summed E-state index contributed by atoms with van der Waals surface area (Å²) < 4.78 is 0. The minimum atomic E-state index is -0.428. The lowest BCUT2D eigenvalue weighted by Crippen LogP contribution is -2.41. The smallest absolute Gasteiger partial charge is 0.237 e. The average molecular weight is 269 g/mol. The number of halogens is 1. The van der Waals surface area contributed by atoms with Gasteiger partial charge in [-0.15, -0.1) is 0 Å². The highest BCUT2D eigenvalue weighted by molar-refractivity contribution is 6.30. The molecule has 0 saturated carbocycles. The fraction of sp³-hybridized carbons (Fsp3) is 0.462. The van der Waals surface area contributed by atoms with Crippen molar-refractivity contribution < 1.29 is 9.90 Å². The molecule has 4 nitrogen and oxygen atoms in total. The molecule has 0 aliphatic carbocycles. The minimum Gasteiger partial charge on any atom is -0.392 e. The third-order valence-corrected chi connectivity index (χ3v) is 3.37. The summed E-state index contributed by atoms with van der Waals surface area (Å²) in [5.74, 6) is -0.0842. The van der Waals surface area contributed by atoms with E-state index in [-0.39, 0.29) is 18.0 Å². The number of rotatable bonds is 3. The number of aliphatic hydroxyl groups is 1. The molecule has 98 valence electrons. The zero-order valence-corrected chi connectivity index (χ0v) is 10.9. The van der Waals surface area contributed by atoms with E-state index in [1.807, 2.05) is 25.1 Å². The predicted octanol–water partition coefficient (Wildman–Crippen LogP) is 1.24. The molecule has 2 rings (SSSR count). The summed E-state index contributed by atoms with van der Waals surface area (Å²) >= 11 is 5.91. The maximum Gasteiger partial charge on any atom is 0.237 e. The molecule has 18 heavy (non-hydrogen) atoms. The standard InChI is InChI=1S/C13H17ClN2O2/c1-8(9-3-2-4-10(14)5-9)16-13(18)12-6-11(17)7-15-12/h2-5,8,11-12,15,17H,6-7H2,1H3,(H,16,18). The zero-order valence-electron chi connectivity index (χ0n) is 10.2. The van der Waals surface area contributed by atoms with Gasteiger partial charge in [-0.3, -0.25) is 4.79 Å². The second-order valence-corrected chi connectivity index (χ2v) is 5.07. The van der Waals surface area contributed by atoms with Crippen molar-refractivity contribution in [2.45, 2.75) is 31.5 Å². The molecule has 3 N–H and O–H groups in total. The number of hydrogen-bond acceptors (Lipinski definition) is 3. The molecule has 1 aromatic rings. The van der Waals surface area contributed by atoms with Crippen LogP contribution >= 0.6 is 11.6 Å². The fourth-order valence-corrected chi connectivity index (χ4v) is 2.29. The van der Waals surface area contributed by atoms with Gasteiger partial charge in [0, 0.05) is 11.6 Å². The van der Waals surface area contributed by atoms with E-state index in [9.17, 15) is 9.90 Å². The normalized spacial score (nSPS) is 24.8. The Labute approximate surface area is 111 Å². The summed E-state index contributed by atoms with van der Waals surface area (Å²) in [7, 11) is 0. The number of hydrogen-bond donors (Lipinski definition) is 3. The topological polar surface area (TPSA) is 61.4 Å². The lowest BCUT2D eigenvalue weighted by atomic mass is 10.1. The largest absolute Gasteiger partial charge is 0.392 e. The van der Waals surface area contributed by atoms with Gasteiger partial charge in [0.25, 0.3) is 0 Å². The Morgan fingerprint density at radius 1 is 1.61 bits per heavy atom. The van der Waals surface area contributed by atoms with Gasteiger partial charge in [0.15, 0.2) is 0 Å². The molecule has 0 bridgehead atoms. The van der Waals surface area contributed by atoms with Crippen LogP contribution in [0, 0.1) is 0 Å². The third kappa shape index (κ3) is 3.22. The molecule has 1 aromatic carbocycles. The lowest BCUT2D eigenvalue weighted by Gasteiger charge is -2.17. The highest BCUT2D eigenvalue weighted by atomic mass is 35.5. The first kappa shape index (κ1) is 13.3. The quantitative estimate of drug-likeness (QED) is 0.773. The van der Waals surface area contributed by atoms with Gasteiger partial charge in [0.2, 0.25) is 5.91 Å². The van der Waals surface area contributed by atoms with Crippen LogP contribution < -0.4 is 10.6 Å². The summed E-state index contributed by atoms with van der Waals surface area (Å²) in [6.07, 6.45) is 0.0379. The van der Waals surface area contributed by atoms with Crippen molar-refractivity contribution in [1.29, 1.82) is 0 Å². The van der Waals surface area contributed by atoms with E-state index >= 15 is 0 Å². The van der Waals surface area contributed by atoms with Crippen LogP contribution in [-0.2, 0) is 4.79 Å². The van der Waals surface area contributed by atoms with E-state index in [0.29, 0.717) is 18.0 Å². The van der Waals surface area contributed by atoms with Crippen LogP contribution in [0.2, 0.25) is 5.02 Å². The Bertz CT molecular complexity index is 439. The Balaban J connectivity index is 1.95. The molecule has 0 aromatic heterocycles. The molecule has 1 aliphatic heterocycles. The summed E-state index contributed by atoms with van der Waals surface area (Å²) in [4.78, 5) is 11.9. The Morgan fingerprint density at radius 2 is 2.39 bits per heavy atom. The van der Waals surface area contributed by atoms with Crippen LogP contribution in [0.1, 0.15) is 24.9 Å². The number of aliphatic hydroxyl groups excluding tert-OH is 1. The molecule has 1 aliphatic rings. The number of nitrogens with one attached hydrogen (secondary N) is 2. The summed E-state index contributed by atoms with van der Waals surface area (Å²) in [6, 6.07) is 7.01. The molecule has 1 heterocycles. The van der Waals surface area contributed by atoms with Crippen LogP contribution in [0.15, 0.2) is 24.3 Å². The van der Waals surface area contributed by atoms with Crippen molar-refractivity contribution in [3.05, 3.63) is 34.9 Å². The third-order valence-electron chi connectivity index (χ3n) is 3.13. The predicted molar refractivity (Wildman–Crippen MR) is 70.4 cm³/mol. The fourth-order valence-electron chi connectivity index (χ4n) is 2.09. The Morgan fingerprint density at radius 3 is 3.00 bits per heavy atom. The van der Waals surface area contributed by atoms with Gasteiger partial charge in [-0.2, -0.15) is 0 Å². The van der Waals surface area contributed by atoms with Gasteiger partial charge in [-0.1, -0.05) is 23.7 Å². The molecule has 0 radical (unpaired) electrons. The molecule has 5 heteroatoms. The van der Waals surface area contributed by atoms with E-state index in [4.69, 9.17) is 11.6 Å². The van der Waals surface area contributed by atoms with Gasteiger partial charge in [0.05, 0.1) is 18.2 Å². The first-order valence-electron chi connectivity index (χ1n) is 6.03. The van der Waals surface area contributed by atoms with Crippen LogP contribution in [0.4, 0.5) is 0 Å². The highest BCUT2D eigenvalue weighted by Crippen LogP contribution is 2.18. The number of benzene rings is 1. The number of carbonyl (C=O) groups is 1. The van der Waals surface area contributed by atoms with E-state index in [0.717, 1.165) is 5.56 Å². The van der Waals surface area contributed by atoms with Crippen LogP contribution in [-0.4, -0.2) is 29.7 Å². The molecular formula is C13H17ClN2O2. The number of amides is 1. The van der Waals surface area contributed by atoms with E-state index in [1.165, 1.54) is 0 Å². The lowest BCUT2D eigenvalue weighted by molar-refractivity contribution is -0.123. The van der Waals surface area contributed by atoms with Crippen molar-refractivity contribution >= 4 is 17.5 Å². The van der Waals surface area contributed by atoms with Crippen molar-refractivity contribution in [2.75, 3.05) is 6.54 Å². The summed E-state index contributed by atoms with van der Waals surface area (Å²) in [6.45, 7) is 2.39. The summed E-state index contributed by atoms with van der Waals surface area (Å²) in [5, 5.41) is 15.9. The van der Waals surface area contributed by atoms with Gasteiger partial charge in [-0.05, 0) is 31.0 Å². The van der Waals surface area contributed by atoms with E-state index in [2.05, 4.69) is 10.6 Å². The van der Waals surface area contributed by atoms with Crippen LogP contribution in [0.25, 0.3) is 0 Å². The van der Waals surface area contributed by atoms with Crippen LogP contribution in [0.3, 0.4) is 0 Å². The first-order valence-corrected chi connectivity index (χ1v) is 6.41. The van der Waals surface area contributed by atoms with Gasteiger partial charge in [-0.25, -0.2) is 0 Å². The second-order valence-electron chi connectivity index (χ2n) is 4.64. The molecule has 1 saturated heterocycles. The molecule has 3 unspecified atom stereocenters. The molecule has 0 spiro atoms. The van der Waals surface area contributed by atoms with E-state index in [1.54, 1.807) is 6.07 Å². The van der Waals surface area contributed by atoms with Crippen molar-refractivity contribution in [1.82, 2.24) is 10.6 Å². The monoisotopic (exact) mass is 268 g/mol. The summed E-state index contributed by atoms with van der Waals surface area (Å²) in [5.41, 5.74) is 0.967. The average Bonchev–Trinajstić information content (AvgIpc) is 2.76. The molecule has 3 atom stereocenters. The second kappa shape index (κ2) is 5.69. The molecule has 1 amide bonds. The Hall–Kier alpha value is -1.10. The van der Waals surface area contributed by atoms with Gasteiger partial charge < -0.3 is 15.7 Å². The maximum atomic E-state index is 11.9. The van der Waals surface area contributed by atoms with Crippen LogP contribution in [0.5, 0.6) is 0 Å². The van der Waals surface area contributed by atoms with E-state index < -0.39 is 6.10 Å². The van der Waals surface area contributed by atoms with Gasteiger partial charge >= 0.3 is 0 Å². The first-order chi connectivity index (χ1) is 8.56. The number of carbonyl (C=O) groups excluding carboxylic acids is 1. The highest BCUT2D eigenvalue weighted by Gasteiger charge is 2.28. The SMILES string of the molecule is CC(NC(=O)C1CC(O)CN1)c1cccc(Cl)c1. The Kier molecular flexibility index (Phi) is 4.22. The van der Waals surface area contributed by atoms with Crippen molar-refractivity contribution in [3.63, 3.8) is 0 Å². The number of β-amino-alcohol motifs (C(OH)–C–C–N with tert-alkyl or cyclic N) is 1. The molecular weight excluding hydrogens is 252 g/mol. The van der Waals surface area contributed by atoms with Gasteiger partial charge in [0.1, 0.15) is 0 Å². The molecule has 1 fully saturated rings. The van der Waals surface area contributed by atoms with Crippen molar-refractivity contribution in [3.8, 4) is 0 Å². The maximum absolute atomic E-state index is 11.9. The zero-order chi connectivity index (χ0) is 13.1. The minimum absolute atomic E-state index is 0.0842. The van der Waals surface area contributed by atoms with Crippen molar-refractivity contribution in [2.24, 2.45) is 0 Å².